The first kappa shape index (κ1) is 11.9. The lowest BCUT2D eigenvalue weighted by atomic mass is 9.76. The Morgan fingerprint density at radius 1 is 1.12 bits per heavy atom. The second kappa shape index (κ2) is 4.74. The normalized spacial score (nSPS) is 25.6. The molecule has 1 amide bonds. The van der Waals surface area contributed by atoms with Crippen LogP contribution in [0.3, 0.4) is 0 Å². The van der Waals surface area contributed by atoms with E-state index in [2.05, 4.69) is 0 Å². The molecule has 0 saturated heterocycles. The van der Waals surface area contributed by atoms with Crippen LogP contribution in [0.25, 0.3) is 0 Å². The quantitative estimate of drug-likeness (QED) is 0.730. The van der Waals surface area contributed by atoms with Crippen LogP contribution in [0.4, 0.5) is 0 Å². The summed E-state index contributed by atoms with van der Waals surface area (Å²) >= 11 is 0. The zero-order chi connectivity index (χ0) is 11.6. The van der Waals surface area contributed by atoms with E-state index in [-0.39, 0.29) is 5.91 Å². The molecule has 2 rings (SSSR count). The molecule has 2 fully saturated rings. The first-order valence-electron chi connectivity index (χ1n) is 6.70. The second-order valence-electron chi connectivity index (χ2n) is 5.57. The SMILES string of the molecule is CN(C(=O)C1(N)CCC1)C1CCCCCC1. The topological polar surface area (TPSA) is 46.3 Å². The average Bonchev–Trinajstić information content (AvgIpc) is 2.52. The molecule has 2 N–H and O–H groups in total. The van der Waals surface area contributed by atoms with Gasteiger partial charge in [-0.2, -0.15) is 0 Å². The number of carbonyl (C=O) groups is 1. The molecule has 0 heterocycles. The molecule has 0 aromatic heterocycles. The van der Waals surface area contributed by atoms with Crippen LogP contribution in [0.1, 0.15) is 57.8 Å². The summed E-state index contributed by atoms with van der Waals surface area (Å²) in [4.78, 5) is 14.2. The fraction of sp³-hybridized carbons (Fsp3) is 0.923. The Kier molecular flexibility index (Phi) is 3.53. The average molecular weight is 224 g/mol. The summed E-state index contributed by atoms with van der Waals surface area (Å²) in [6.07, 6.45) is 10.4. The largest absolute Gasteiger partial charge is 0.341 e. The van der Waals surface area contributed by atoms with E-state index in [1.807, 2.05) is 11.9 Å². The van der Waals surface area contributed by atoms with Crippen molar-refractivity contribution in [2.75, 3.05) is 7.05 Å². The fourth-order valence-corrected chi connectivity index (χ4v) is 2.93. The van der Waals surface area contributed by atoms with E-state index in [0.29, 0.717) is 6.04 Å². The molecule has 16 heavy (non-hydrogen) atoms. The third-order valence-corrected chi connectivity index (χ3v) is 4.36. The van der Waals surface area contributed by atoms with E-state index in [4.69, 9.17) is 5.73 Å². The van der Waals surface area contributed by atoms with Crippen molar-refractivity contribution in [3.05, 3.63) is 0 Å². The van der Waals surface area contributed by atoms with E-state index in [1.165, 1.54) is 38.5 Å². The van der Waals surface area contributed by atoms with Crippen LogP contribution in [0, 0.1) is 0 Å². The summed E-state index contributed by atoms with van der Waals surface area (Å²) in [6.45, 7) is 0. The minimum Gasteiger partial charge on any atom is -0.341 e. The molecule has 3 heteroatoms. The van der Waals surface area contributed by atoms with Crippen molar-refractivity contribution in [3.63, 3.8) is 0 Å². The Bertz CT molecular complexity index is 253. The predicted octanol–water partition coefficient (Wildman–Crippen LogP) is 2.05. The zero-order valence-corrected chi connectivity index (χ0v) is 10.4. The van der Waals surface area contributed by atoms with Gasteiger partial charge < -0.3 is 10.6 Å². The van der Waals surface area contributed by atoms with Gasteiger partial charge in [-0.25, -0.2) is 0 Å². The third kappa shape index (κ3) is 2.24. The Hall–Kier alpha value is -0.570. The Morgan fingerprint density at radius 3 is 2.12 bits per heavy atom. The number of nitrogens with two attached hydrogens (primary N) is 1. The highest BCUT2D eigenvalue weighted by atomic mass is 16.2. The molecule has 0 bridgehead atoms. The van der Waals surface area contributed by atoms with Gasteiger partial charge in [0.1, 0.15) is 0 Å². The summed E-state index contributed by atoms with van der Waals surface area (Å²) in [5.41, 5.74) is 5.59. The molecule has 0 atom stereocenters. The maximum Gasteiger partial charge on any atom is 0.242 e. The molecule has 2 saturated carbocycles. The van der Waals surface area contributed by atoms with Crippen molar-refractivity contribution < 1.29 is 4.79 Å². The fourth-order valence-electron chi connectivity index (χ4n) is 2.93. The van der Waals surface area contributed by atoms with E-state index in [0.717, 1.165) is 19.3 Å². The Balaban J connectivity index is 1.94. The van der Waals surface area contributed by atoms with Crippen molar-refractivity contribution in [1.29, 1.82) is 0 Å². The first-order valence-corrected chi connectivity index (χ1v) is 6.70. The Labute approximate surface area is 98.4 Å². The number of hydrogen-bond donors (Lipinski definition) is 1. The maximum atomic E-state index is 12.3. The minimum absolute atomic E-state index is 0.186. The van der Waals surface area contributed by atoms with Crippen molar-refractivity contribution in [2.24, 2.45) is 5.73 Å². The number of hydrogen-bond acceptors (Lipinski definition) is 2. The summed E-state index contributed by atoms with van der Waals surface area (Å²) in [5.74, 6) is 0.186. The molecule has 92 valence electrons. The van der Waals surface area contributed by atoms with Gasteiger partial charge in [-0.15, -0.1) is 0 Å². The van der Waals surface area contributed by atoms with Gasteiger partial charge in [-0.3, -0.25) is 4.79 Å². The zero-order valence-electron chi connectivity index (χ0n) is 10.4. The lowest BCUT2D eigenvalue weighted by Gasteiger charge is -2.41. The van der Waals surface area contributed by atoms with E-state index in [9.17, 15) is 4.79 Å². The highest BCUT2D eigenvalue weighted by Crippen LogP contribution is 2.32. The van der Waals surface area contributed by atoms with Crippen LogP contribution < -0.4 is 5.73 Å². The van der Waals surface area contributed by atoms with Crippen LogP contribution in [0.2, 0.25) is 0 Å². The second-order valence-corrected chi connectivity index (χ2v) is 5.57. The number of rotatable bonds is 2. The van der Waals surface area contributed by atoms with Crippen molar-refractivity contribution in [3.8, 4) is 0 Å². The molecule has 0 radical (unpaired) electrons. The molecular formula is C13H24N2O. The van der Waals surface area contributed by atoms with Crippen LogP contribution in [-0.2, 0) is 4.79 Å². The minimum atomic E-state index is -0.513. The van der Waals surface area contributed by atoms with Crippen LogP contribution in [0.5, 0.6) is 0 Å². The smallest absolute Gasteiger partial charge is 0.242 e. The lowest BCUT2D eigenvalue weighted by Crippen LogP contribution is -2.60. The van der Waals surface area contributed by atoms with Gasteiger partial charge in [0.2, 0.25) is 5.91 Å². The summed E-state index contributed by atoms with van der Waals surface area (Å²) in [6, 6.07) is 0.441. The van der Waals surface area contributed by atoms with Gasteiger partial charge in [0.15, 0.2) is 0 Å². The van der Waals surface area contributed by atoms with Gasteiger partial charge in [0.05, 0.1) is 5.54 Å². The molecule has 0 unspecified atom stereocenters. The molecule has 0 aromatic rings. The van der Waals surface area contributed by atoms with Crippen LogP contribution >= 0.6 is 0 Å². The summed E-state index contributed by atoms with van der Waals surface area (Å²) < 4.78 is 0. The standard InChI is InChI=1S/C13H24N2O/c1-15(11-7-4-2-3-5-8-11)12(16)13(14)9-6-10-13/h11H,2-10,14H2,1H3. The number of nitrogens with zero attached hydrogens (tertiary/aromatic N) is 1. The first-order chi connectivity index (χ1) is 7.63. The van der Waals surface area contributed by atoms with Gasteiger partial charge in [-0.05, 0) is 32.1 Å². The molecule has 0 aliphatic heterocycles. The Morgan fingerprint density at radius 2 is 1.69 bits per heavy atom. The number of amides is 1. The molecular weight excluding hydrogens is 200 g/mol. The maximum absolute atomic E-state index is 12.3. The van der Waals surface area contributed by atoms with Crippen LogP contribution in [0.15, 0.2) is 0 Å². The van der Waals surface area contributed by atoms with E-state index in [1.54, 1.807) is 0 Å². The molecule has 0 spiro atoms. The predicted molar refractivity (Wildman–Crippen MR) is 65.0 cm³/mol. The van der Waals surface area contributed by atoms with Gasteiger partial charge in [0.25, 0.3) is 0 Å². The third-order valence-electron chi connectivity index (χ3n) is 4.36. The van der Waals surface area contributed by atoms with E-state index < -0.39 is 5.54 Å². The number of likely N-dealkylation sites (N-methyl/N-ethyl adjacent to an activating group) is 1. The summed E-state index contributed by atoms with van der Waals surface area (Å²) in [7, 11) is 1.95. The van der Waals surface area contributed by atoms with Crippen molar-refractivity contribution in [1.82, 2.24) is 4.90 Å². The highest BCUT2D eigenvalue weighted by molar-refractivity contribution is 5.87. The lowest BCUT2D eigenvalue weighted by molar-refractivity contribution is -0.141. The van der Waals surface area contributed by atoms with Crippen LogP contribution in [-0.4, -0.2) is 29.4 Å². The van der Waals surface area contributed by atoms with Crippen molar-refractivity contribution >= 4 is 5.91 Å². The van der Waals surface area contributed by atoms with E-state index >= 15 is 0 Å². The van der Waals surface area contributed by atoms with Crippen molar-refractivity contribution in [2.45, 2.75) is 69.4 Å². The molecule has 2 aliphatic carbocycles. The monoisotopic (exact) mass is 224 g/mol. The molecule has 3 nitrogen and oxygen atoms in total. The van der Waals surface area contributed by atoms with Gasteiger partial charge in [-0.1, -0.05) is 25.7 Å². The molecule has 0 aromatic carbocycles. The van der Waals surface area contributed by atoms with Gasteiger partial charge in [0, 0.05) is 13.1 Å². The molecule has 2 aliphatic rings. The van der Waals surface area contributed by atoms with Gasteiger partial charge >= 0.3 is 0 Å². The highest BCUT2D eigenvalue weighted by Gasteiger charge is 2.43. The summed E-state index contributed by atoms with van der Waals surface area (Å²) in [5, 5.41) is 0. The number of carbonyl (C=O) groups excluding carboxylic acids is 1.